The molecule has 1 rings (SSSR count). The summed E-state index contributed by atoms with van der Waals surface area (Å²) in [5.41, 5.74) is 5.64. The van der Waals surface area contributed by atoms with Crippen molar-refractivity contribution in [3.05, 3.63) is 0 Å². The zero-order valence-electron chi connectivity index (χ0n) is 11.7. The Kier molecular flexibility index (Phi) is 6.08. The van der Waals surface area contributed by atoms with Crippen molar-refractivity contribution in [2.24, 2.45) is 22.7 Å². The summed E-state index contributed by atoms with van der Waals surface area (Å²) in [4.78, 5) is 14.4. The van der Waals surface area contributed by atoms with E-state index in [-0.39, 0.29) is 30.3 Å². The van der Waals surface area contributed by atoms with E-state index in [1.165, 1.54) is 0 Å². The number of hydrogen-bond acceptors (Lipinski definition) is 4. The molecule has 0 bridgehead atoms. The van der Waals surface area contributed by atoms with Crippen molar-refractivity contribution < 1.29 is 15.1 Å². The molecule has 0 aliphatic carbocycles. The largest absolute Gasteiger partial charge is 0.409 e. The number of nitrogens with zero attached hydrogens (tertiary/aromatic N) is 2. The Hall–Kier alpha value is -1.30. The minimum atomic E-state index is -0.570. The van der Waals surface area contributed by atoms with Gasteiger partial charge in [-0.15, -0.1) is 0 Å². The first-order valence-corrected chi connectivity index (χ1v) is 6.91. The fraction of sp³-hybridized carbons (Fsp3) is 0.846. The van der Waals surface area contributed by atoms with Gasteiger partial charge in [0.2, 0.25) is 5.91 Å². The molecule has 1 heterocycles. The normalized spacial score (nSPS) is 22.0. The van der Waals surface area contributed by atoms with Gasteiger partial charge in [0.25, 0.3) is 0 Å². The minimum Gasteiger partial charge on any atom is -0.409 e. The highest BCUT2D eigenvalue weighted by atomic mass is 16.4. The molecule has 0 aromatic rings. The highest BCUT2D eigenvalue weighted by Gasteiger charge is 2.36. The first kappa shape index (κ1) is 15.8. The number of nitrogens with two attached hydrogens (primary N) is 1. The predicted molar refractivity (Wildman–Crippen MR) is 72.8 cm³/mol. The summed E-state index contributed by atoms with van der Waals surface area (Å²) in [6.45, 7) is 4.64. The predicted octanol–water partition coefficient (Wildman–Crippen LogP) is 0.769. The summed E-state index contributed by atoms with van der Waals surface area (Å²) >= 11 is 0. The van der Waals surface area contributed by atoms with Crippen LogP contribution in [0, 0.1) is 11.8 Å². The molecule has 0 radical (unpaired) electrons. The van der Waals surface area contributed by atoms with Crippen LogP contribution in [-0.2, 0) is 4.79 Å². The molecule has 1 saturated heterocycles. The molecule has 0 spiro atoms. The molecular formula is C13H25N3O3. The number of likely N-dealkylation sites (tertiary alicyclic amines) is 1. The van der Waals surface area contributed by atoms with Gasteiger partial charge in [0.05, 0.1) is 0 Å². The van der Waals surface area contributed by atoms with Crippen LogP contribution in [0.4, 0.5) is 0 Å². The summed E-state index contributed by atoms with van der Waals surface area (Å²) < 4.78 is 0. The topological polar surface area (TPSA) is 99.2 Å². The van der Waals surface area contributed by atoms with Gasteiger partial charge in [0.15, 0.2) is 5.84 Å². The molecule has 2 atom stereocenters. The van der Waals surface area contributed by atoms with Crippen LogP contribution < -0.4 is 5.73 Å². The third-order valence-corrected chi connectivity index (χ3v) is 3.72. The molecule has 19 heavy (non-hydrogen) atoms. The SMILES string of the molecule is CC(C)C(C(=O)N1CCCC1CCCO)C(N)=NO. The number of amides is 1. The molecule has 1 amide bonds. The Bertz CT molecular complexity index is 331. The van der Waals surface area contributed by atoms with Gasteiger partial charge >= 0.3 is 0 Å². The van der Waals surface area contributed by atoms with Gasteiger partial charge in [-0.1, -0.05) is 19.0 Å². The summed E-state index contributed by atoms with van der Waals surface area (Å²) in [6.07, 6.45) is 3.45. The first-order valence-electron chi connectivity index (χ1n) is 6.91. The summed E-state index contributed by atoms with van der Waals surface area (Å²) in [5.74, 6) is -0.666. The van der Waals surface area contributed by atoms with Crippen molar-refractivity contribution in [3.63, 3.8) is 0 Å². The lowest BCUT2D eigenvalue weighted by molar-refractivity contribution is -0.135. The quantitative estimate of drug-likeness (QED) is 0.287. The van der Waals surface area contributed by atoms with Gasteiger partial charge in [0, 0.05) is 19.2 Å². The third-order valence-electron chi connectivity index (χ3n) is 3.72. The van der Waals surface area contributed by atoms with E-state index in [0.717, 1.165) is 25.8 Å². The Morgan fingerprint density at radius 2 is 2.21 bits per heavy atom. The van der Waals surface area contributed by atoms with Gasteiger partial charge in [-0.25, -0.2) is 0 Å². The van der Waals surface area contributed by atoms with E-state index >= 15 is 0 Å². The van der Waals surface area contributed by atoms with E-state index < -0.39 is 5.92 Å². The zero-order chi connectivity index (χ0) is 14.4. The van der Waals surface area contributed by atoms with Gasteiger partial charge in [-0.05, 0) is 31.6 Å². The van der Waals surface area contributed by atoms with Gasteiger partial charge in [-0.3, -0.25) is 4.79 Å². The first-order chi connectivity index (χ1) is 9.02. The highest BCUT2D eigenvalue weighted by molar-refractivity contribution is 6.02. The summed E-state index contributed by atoms with van der Waals surface area (Å²) in [5, 5.41) is 20.7. The van der Waals surface area contributed by atoms with Crippen molar-refractivity contribution in [2.75, 3.05) is 13.2 Å². The Labute approximate surface area is 114 Å². The molecule has 0 aromatic heterocycles. The average Bonchev–Trinajstić information content (AvgIpc) is 2.83. The maximum absolute atomic E-state index is 12.6. The van der Waals surface area contributed by atoms with Gasteiger partial charge in [0.1, 0.15) is 5.92 Å². The Morgan fingerprint density at radius 1 is 1.53 bits per heavy atom. The second-order valence-corrected chi connectivity index (χ2v) is 5.44. The van der Waals surface area contributed by atoms with E-state index in [9.17, 15) is 4.79 Å². The van der Waals surface area contributed by atoms with E-state index in [1.807, 2.05) is 18.7 Å². The second-order valence-electron chi connectivity index (χ2n) is 5.44. The fourth-order valence-corrected chi connectivity index (χ4v) is 2.75. The molecule has 4 N–H and O–H groups in total. The maximum Gasteiger partial charge on any atom is 0.233 e. The van der Waals surface area contributed by atoms with E-state index in [4.69, 9.17) is 16.0 Å². The van der Waals surface area contributed by atoms with Crippen LogP contribution in [0.2, 0.25) is 0 Å². The molecule has 6 nitrogen and oxygen atoms in total. The Morgan fingerprint density at radius 3 is 2.74 bits per heavy atom. The number of hydrogen-bond donors (Lipinski definition) is 3. The van der Waals surface area contributed by atoms with Crippen molar-refractivity contribution >= 4 is 11.7 Å². The summed E-state index contributed by atoms with van der Waals surface area (Å²) in [6, 6.07) is 0.174. The highest BCUT2D eigenvalue weighted by Crippen LogP contribution is 2.25. The van der Waals surface area contributed by atoms with Crippen LogP contribution in [0.15, 0.2) is 5.16 Å². The lowest BCUT2D eigenvalue weighted by Gasteiger charge is -2.30. The van der Waals surface area contributed by atoms with Crippen LogP contribution in [0.25, 0.3) is 0 Å². The fourth-order valence-electron chi connectivity index (χ4n) is 2.75. The number of aliphatic hydroxyl groups is 1. The maximum atomic E-state index is 12.6. The number of amidine groups is 1. The molecular weight excluding hydrogens is 246 g/mol. The number of carbonyl (C=O) groups is 1. The molecule has 1 fully saturated rings. The average molecular weight is 271 g/mol. The standard InChI is InChI=1S/C13H25N3O3/c1-9(2)11(12(14)15-19)13(18)16-7-3-5-10(16)6-4-8-17/h9-11,17,19H,3-8H2,1-2H3,(H2,14,15). The molecule has 0 aromatic carbocycles. The van der Waals surface area contributed by atoms with E-state index in [0.29, 0.717) is 6.42 Å². The smallest absolute Gasteiger partial charge is 0.233 e. The molecule has 1 aliphatic rings. The zero-order valence-corrected chi connectivity index (χ0v) is 11.7. The third kappa shape index (κ3) is 3.83. The van der Waals surface area contributed by atoms with Crippen LogP contribution >= 0.6 is 0 Å². The molecule has 110 valence electrons. The summed E-state index contributed by atoms with van der Waals surface area (Å²) in [7, 11) is 0. The van der Waals surface area contributed by atoms with Crippen LogP contribution in [0.1, 0.15) is 39.5 Å². The number of carbonyl (C=O) groups excluding carboxylic acids is 1. The molecule has 1 aliphatic heterocycles. The molecule has 6 heteroatoms. The van der Waals surface area contributed by atoms with Crippen LogP contribution in [-0.4, -0.2) is 46.1 Å². The molecule has 0 saturated carbocycles. The number of oxime groups is 1. The van der Waals surface area contributed by atoms with E-state index in [1.54, 1.807) is 0 Å². The second kappa shape index (κ2) is 7.33. The van der Waals surface area contributed by atoms with Crippen molar-refractivity contribution in [1.82, 2.24) is 4.90 Å². The molecule has 2 unspecified atom stereocenters. The van der Waals surface area contributed by atoms with Crippen molar-refractivity contribution in [2.45, 2.75) is 45.6 Å². The van der Waals surface area contributed by atoms with Gasteiger partial charge < -0.3 is 20.9 Å². The lowest BCUT2D eigenvalue weighted by Crippen LogP contribution is -2.46. The van der Waals surface area contributed by atoms with Crippen molar-refractivity contribution in [3.8, 4) is 0 Å². The van der Waals surface area contributed by atoms with Gasteiger partial charge in [-0.2, -0.15) is 0 Å². The lowest BCUT2D eigenvalue weighted by atomic mass is 9.92. The number of aliphatic hydroxyl groups excluding tert-OH is 1. The minimum absolute atomic E-state index is 0.0116. The Balaban J connectivity index is 2.78. The number of rotatable bonds is 6. The van der Waals surface area contributed by atoms with E-state index in [2.05, 4.69) is 5.16 Å². The van der Waals surface area contributed by atoms with Crippen LogP contribution in [0.3, 0.4) is 0 Å². The van der Waals surface area contributed by atoms with Crippen molar-refractivity contribution in [1.29, 1.82) is 0 Å². The monoisotopic (exact) mass is 271 g/mol. The van der Waals surface area contributed by atoms with Crippen LogP contribution in [0.5, 0.6) is 0 Å².